The number of alkyl halides is 3. The zero-order chi connectivity index (χ0) is 28.6. The van der Waals surface area contributed by atoms with Crippen LogP contribution in [-0.2, 0) is 17.4 Å². The van der Waals surface area contributed by atoms with Crippen LogP contribution in [0.2, 0.25) is 0 Å². The van der Waals surface area contributed by atoms with Gasteiger partial charge in [-0.2, -0.15) is 13.2 Å². The van der Waals surface area contributed by atoms with Crippen molar-refractivity contribution in [1.29, 1.82) is 0 Å². The van der Waals surface area contributed by atoms with Gasteiger partial charge in [0.1, 0.15) is 11.6 Å². The lowest BCUT2D eigenvalue weighted by Crippen LogP contribution is -2.50. The van der Waals surface area contributed by atoms with E-state index in [1.807, 2.05) is 30.3 Å². The van der Waals surface area contributed by atoms with E-state index in [4.69, 9.17) is 8.83 Å². The summed E-state index contributed by atoms with van der Waals surface area (Å²) in [5.74, 6) is 1.09. The van der Waals surface area contributed by atoms with E-state index < -0.39 is 11.7 Å². The van der Waals surface area contributed by atoms with E-state index in [-0.39, 0.29) is 35.4 Å². The molecule has 41 heavy (non-hydrogen) atoms. The molecular formula is C29H25F3N6O3. The Bertz CT molecular complexity index is 1680. The molecule has 12 heteroatoms. The molecule has 1 saturated heterocycles. The van der Waals surface area contributed by atoms with Crippen molar-refractivity contribution >= 4 is 17.0 Å². The normalized spacial score (nSPS) is 15.4. The van der Waals surface area contributed by atoms with Crippen molar-refractivity contribution in [3.8, 4) is 11.5 Å². The maximum absolute atomic E-state index is 13.2. The van der Waals surface area contributed by atoms with Crippen LogP contribution in [0.4, 0.5) is 13.2 Å². The third-order valence-corrected chi connectivity index (χ3v) is 7.03. The Hall–Kier alpha value is -4.58. The average Bonchev–Trinajstić information content (AvgIpc) is 3.59. The first-order chi connectivity index (χ1) is 19.7. The van der Waals surface area contributed by atoms with Crippen LogP contribution in [0, 0.1) is 6.92 Å². The molecular weight excluding hydrogens is 537 g/mol. The highest BCUT2D eigenvalue weighted by Crippen LogP contribution is 2.33. The number of oxazole rings is 1. The molecule has 0 spiro atoms. The lowest BCUT2D eigenvalue weighted by molar-refractivity contribution is -0.137. The van der Waals surface area contributed by atoms with Crippen molar-refractivity contribution < 1.29 is 26.8 Å². The number of pyridine rings is 1. The number of fused-ring (bicyclic) bond motifs is 1. The molecule has 1 amide bonds. The summed E-state index contributed by atoms with van der Waals surface area (Å²) in [5, 5.41) is 8.26. The predicted molar refractivity (Wildman–Crippen MR) is 141 cm³/mol. The average molecular weight is 563 g/mol. The van der Waals surface area contributed by atoms with E-state index >= 15 is 0 Å². The summed E-state index contributed by atoms with van der Waals surface area (Å²) in [6.07, 6.45) is -2.88. The zero-order valence-corrected chi connectivity index (χ0v) is 22.0. The third-order valence-electron chi connectivity index (χ3n) is 7.03. The summed E-state index contributed by atoms with van der Waals surface area (Å²) < 4.78 is 50.7. The number of benzene rings is 2. The Kier molecular flexibility index (Phi) is 7.00. The number of carbonyl (C=O) groups excluding carboxylic acids is 1. The molecule has 4 heterocycles. The van der Waals surface area contributed by atoms with E-state index in [0.29, 0.717) is 49.2 Å². The Morgan fingerprint density at radius 1 is 0.976 bits per heavy atom. The first kappa shape index (κ1) is 26.6. The second kappa shape index (κ2) is 10.8. The molecule has 9 nitrogen and oxygen atoms in total. The van der Waals surface area contributed by atoms with Gasteiger partial charge in [-0.15, -0.1) is 10.2 Å². The molecule has 1 aliphatic rings. The number of aryl methyl sites for hydroxylation is 1. The van der Waals surface area contributed by atoms with Gasteiger partial charge in [-0.3, -0.25) is 14.7 Å². The first-order valence-corrected chi connectivity index (χ1v) is 13.0. The van der Waals surface area contributed by atoms with Gasteiger partial charge >= 0.3 is 6.18 Å². The SMILES string of the molecule is Cc1nnc([C@@H](c2ccccc2)N2CCN(C(=O)Cc3cc(-c4nc5cc(C(F)(F)F)ccc5o4)ccn3)CC2)o1. The fraction of sp³-hybridized carbons (Fsp3) is 0.276. The highest BCUT2D eigenvalue weighted by atomic mass is 19.4. The molecule has 0 bridgehead atoms. The summed E-state index contributed by atoms with van der Waals surface area (Å²) >= 11 is 0. The molecule has 0 N–H and O–H groups in total. The summed E-state index contributed by atoms with van der Waals surface area (Å²) in [6, 6.07) is 16.2. The maximum atomic E-state index is 13.2. The topological polar surface area (TPSA) is 101 Å². The standard InChI is InChI=1S/C29H25F3N6O3/c1-18-35-36-28(40-18)26(19-5-3-2-4-6-19)38-13-11-37(12-14-38)25(39)17-22-15-20(9-10-33-22)27-34-23-16-21(29(30,31)32)7-8-24(23)41-27/h2-10,15-16,26H,11-14,17H2,1H3/t26-/m1/s1. The highest BCUT2D eigenvalue weighted by molar-refractivity contribution is 5.79. The van der Waals surface area contributed by atoms with Crippen LogP contribution in [-0.4, -0.2) is 62.1 Å². The quantitative estimate of drug-likeness (QED) is 0.283. The van der Waals surface area contributed by atoms with Crippen molar-refractivity contribution in [3.63, 3.8) is 0 Å². The van der Waals surface area contributed by atoms with Crippen LogP contribution in [0.3, 0.4) is 0 Å². The first-order valence-electron chi connectivity index (χ1n) is 13.0. The molecule has 0 aliphatic carbocycles. The fourth-order valence-electron chi connectivity index (χ4n) is 5.00. The molecule has 6 rings (SSSR count). The minimum absolute atomic E-state index is 0.0667. The van der Waals surface area contributed by atoms with E-state index in [9.17, 15) is 18.0 Å². The maximum Gasteiger partial charge on any atom is 0.416 e. The number of aromatic nitrogens is 4. The van der Waals surface area contributed by atoms with Crippen LogP contribution in [0.25, 0.3) is 22.6 Å². The summed E-state index contributed by atoms with van der Waals surface area (Å²) in [5.41, 5.74) is 1.62. The van der Waals surface area contributed by atoms with Crippen molar-refractivity contribution in [2.75, 3.05) is 26.2 Å². The van der Waals surface area contributed by atoms with Crippen LogP contribution in [0.1, 0.15) is 34.6 Å². The zero-order valence-electron chi connectivity index (χ0n) is 22.0. The van der Waals surface area contributed by atoms with E-state index in [2.05, 4.69) is 25.1 Å². The van der Waals surface area contributed by atoms with Gasteiger partial charge in [0.2, 0.25) is 23.6 Å². The molecule has 5 aromatic rings. The fourth-order valence-corrected chi connectivity index (χ4v) is 5.00. The Morgan fingerprint density at radius 2 is 1.76 bits per heavy atom. The van der Waals surface area contributed by atoms with Gasteiger partial charge in [-0.05, 0) is 35.9 Å². The highest BCUT2D eigenvalue weighted by Gasteiger charge is 2.32. The molecule has 1 fully saturated rings. The number of rotatable bonds is 6. The molecule has 210 valence electrons. The van der Waals surface area contributed by atoms with Gasteiger partial charge in [0.25, 0.3) is 0 Å². The number of hydrogen-bond acceptors (Lipinski definition) is 8. The smallest absolute Gasteiger partial charge is 0.416 e. The minimum Gasteiger partial charge on any atom is -0.436 e. The van der Waals surface area contributed by atoms with Gasteiger partial charge < -0.3 is 13.7 Å². The lowest BCUT2D eigenvalue weighted by Gasteiger charge is -2.38. The minimum atomic E-state index is -4.47. The van der Waals surface area contributed by atoms with E-state index in [1.54, 1.807) is 24.0 Å². The van der Waals surface area contributed by atoms with Crippen molar-refractivity contribution in [3.05, 3.63) is 95.5 Å². The summed E-state index contributed by atoms with van der Waals surface area (Å²) in [4.78, 5) is 25.8. The molecule has 0 saturated carbocycles. The number of piperazine rings is 1. The lowest BCUT2D eigenvalue weighted by atomic mass is 10.0. The number of hydrogen-bond donors (Lipinski definition) is 0. The van der Waals surface area contributed by atoms with Crippen LogP contribution >= 0.6 is 0 Å². The van der Waals surface area contributed by atoms with Crippen molar-refractivity contribution in [2.45, 2.75) is 25.6 Å². The van der Waals surface area contributed by atoms with Crippen LogP contribution in [0.5, 0.6) is 0 Å². The largest absolute Gasteiger partial charge is 0.436 e. The van der Waals surface area contributed by atoms with Crippen LogP contribution < -0.4 is 0 Å². The number of amides is 1. The van der Waals surface area contributed by atoms with Crippen LogP contribution in [0.15, 0.2) is 75.7 Å². The van der Waals surface area contributed by atoms with Gasteiger partial charge in [-0.1, -0.05) is 30.3 Å². The van der Waals surface area contributed by atoms with Gasteiger partial charge in [0, 0.05) is 44.9 Å². The Morgan fingerprint density at radius 3 is 2.46 bits per heavy atom. The number of carbonyl (C=O) groups is 1. The van der Waals surface area contributed by atoms with Gasteiger partial charge in [0.05, 0.1) is 17.7 Å². The van der Waals surface area contributed by atoms with Gasteiger partial charge in [0.15, 0.2) is 5.58 Å². The monoisotopic (exact) mass is 562 g/mol. The van der Waals surface area contributed by atoms with Gasteiger partial charge in [-0.25, -0.2) is 4.98 Å². The summed E-state index contributed by atoms with van der Waals surface area (Å²) in [6.45, 7) is 4.02. The molecule has 3 aromatic heterocycles. The van der Waals surface area contributed by atoms with Crippen molar-refractivity contribution in [2.24, 2.45) is 0 Å². The third kappa shape index (κ3) is 5.68. The predicted octanol–water partition coefficient (Wildman–Crippen LogP) is 5.08. The molecule has 2 aromatic carbocycles. The second-order valence-corrected chi connectivity index (χ2v) is 9.80. The molecule has 0 unspecified atom stereocenters. The van der Waals surface area contributed by atoms with Crippen molar-refractivity contribution in [1.82, 2.24) is 30.0 Å². The Labute approximate surface area is 232 Å². The Balaban J connectivity index is 1.13. The van der Waals surface area contributed by atoms with E-state index in [1.165, 1.54) is 12.3 Å². The number of nitrogens with zero attached hydrogens (tertiary/aromatic N) is 6. The molecule has 1 atom stereocenters. The number of halogens is 3. The second-order valence-electron chi connectivity index (χ2n) is 9.80. The summed E-state index contributed by atoms with van der Waals surface area (Å²) in [7, 11) is 0. The molecule has 1 aliphatic heterocycles. The molecule has 0 radical (unpaired) electrons. The van der Waals surface area contributed by atoms with E-state index in [0.717, 1.165) is 17.7 Å².